The van der Waals surface area contributed by atoms with Crippen LogP contribution in [0.2, 0.25) is 0 Å². The lowest BCUT2D eigenvalue weighted by atomic mass is 9.86. The van der Waals surface area contributed by atoms with Crippen molar-refractivity contribution < 1.29 is 25.2 Å². The van der Waals surface area contributed by atoms with Crippen molar-refractivity contribution >= 4 is 17.1 Å². The third kappa shape index (κ3) is 4.75. The fourth-order valence-corrected chi connectivity index (χ4v) is 7.13. The highest BCUT2D eigenvalue weighted by molar-refractivity contribution is 6.21. The maximum Gasteiger partial charge on any atom is 0.180 e. The SMILES string of the molecule is CCC1=C2C=C3N=C(C=C4N=C(C=C5NC(=C6CC(O)=C1C6=N2)C(CCC(O)OC)C5C)C(C)=C4C(O)O)C(C)=C3CC. The molecule has 1 aliphatic carbocycles. The van der Waals surface area contributed by atoms with E-state index in [0.717, 1.165) is 68.5 Å². The molecule has 5 heterocycles. The van der Waals surface area contributed by atoms with Crippen molar-refractivity contribution in [1.29, 1.82) is 0 Å². The molecule has 0 amide bonds. The fourth-order valence-electron chi connectivity index (χ4n) is 7.13. The fraction of sp³-hybridized carbons (Fsp3) is 0.441. The lowest BCUT2D eigenvalue weighted by Crippen LogP contribution is -2.17. The molecule has 5 aliphatic heterocycles. The normalized spacial score (nSPS) is 25.5. The number of ether oxygens (including phenoxy) is 1. The number of methoxy groups -OCH3 is 1. The summed E-state index contributed by atoms with van der Waals surface area (Å²) in [7, 11) is 1.49. The quantitative estimate of drug-likeness (QED) is 0.264. The summed E-state index contributed by atoms with van der Waals surface area (Å²) in [6.45, 7) is 10.2. The number of nitrogens with one attached hydrogen (secondary N) is 1. The smallest absolute Gasteiger partial charge is 0.180 e. The minimum Gasteiger partial charge on any atom is -0.511 e. The molecule has 3 atom stereocenters. The number of hydrogen-bond acceptors (Lipinski definition) is 9. The molecule has 5 N–H and O–H groups in total. The maximum atomic E-state index is 11.3. The first-order chi connectivity index (χ1) is 20.6. The Morgan fingerprint density at radius 3 is 2.33 bits per heavy atom. The van der Waals surface area contributed by atoms with Crippen LogP contribution in [0.25, 0.3) is 0 Å². The Bertz CT molecular complexity index is 1650. The van der Waals surface area contributed by atoms with Gasteiger partial charge >= 0.3 is 0 Å². The van der Waals surface area contributed by atoms with Gasteiger partial charge in [0, 0.05) is 53.5 Å². The van der Waals surface area contributed by atoms with Crippen LogP contribution in [0.5, 0.6) is 0 Å². The van der Waals surface area contributed by atoms with Crippen molar-refractivity contribution in [2.45, 2.75) is 79.3 Å². The Labute approximate surface area is 252 Å². The van der Waals surface area contributed by atoms with Crippen LogP contribution >= 0.6 is 0 Å². The van der Waals surface area contributed by atoms with Crippen molar-refractivity contribution in [2.75, 3.05) is 7.11 Å². The molecule has 1 fully saturated rings. The van der Waals surface area contributed by atoms with Gasteiger partial charge in [-0.05, 0) is 80.1 Å². The zero-order chi connectivity index (χ0) is 30.7. The molecule has 226 valence electrons. The van der Waals surface area contributed by atoms with E-state index in [4.69, 9.17) is 19.7 Å². The van der Waals surface area contributed by atoms with Crippen LogP contribution in [0.4, 0.5) is 0 Å². The zero-order valence-electron chi connectivity index (χ0n) is 25.6. The van der Waals surface area contributed by atoms with Gasteiger partial charge in [0.25, 0.3) is 0 Å². The Hall–Kier alpha value is -3.63. The number of hydrogen-bond donors (Lipinski definition) is 5. The molecule has 3 unspecified atom stereocenters. The lowest BCUT2D eigenvalue weighted by molar-refractivity contribution is -0.0809. The molecule has 0 saturated carbocycles. The number of aliphatic imine (C=N–C) groups is 3. The van der Waals surface area contributed by atoms with E-state index < -0.39 is 12.6 Å². The van der Waals surface area contributed by atoms with Gasteiger partial charge in [-0.2, -0.15) is 0 Å². The average Bonchev–Trinajstić information content (AvgIpc) is 3.73. The molecule has 43 heavy (non-hydrogen) atoms. The summed E-state index contributed by atoms with van der Waals surface area (Å²) >= 11 is 0. The van der Waals surface area contributed by atoms with Crippen molar-refractivity contribution in [1.82, 2.24) is 5.32 Å². The van der Waals surface area contributed by atoms with E-state index in [2.05, 4.69) is 26.1 Å². The number of fused-ring (bicyclic) bond motifs is 5. The van der Waals surface area contributed by atoms with E-state index in [1.165, 1.54) is 7.11 Å². The van der Waals surface area contributed by atoms with Crippen LogP contribution < -0.4 is 5.32 Å². The predicted molar refractivity (Wildman–Crippen MR) is 167 cm³/mol. The van der Waals surface area contributed by atoms with Crippen molar-refractivity contribution in [2.24, 2.45) is 26.8 Å². The molecule has 9 nitrogen and oxygen atoms in total. The average molecular weight is 585 g/mol. The lowest BCUT2D eigenvalue weighted by Gasteiger charge is -2.19. The van der Waals surface area contributed by atoms with E-state index in [1.54, 1.807) is 0 Å². The number of rotatable bonds is 7. The van der Waals surface area contributed by atoms with Crippen molar-refractivity contribution in [3.05, 3.63) is 91.5 Å². The van der Waals surface area contributed by atoms with E-state index in [0.29, 0.717) is 54.0 Å². The summed E-state index contributed by atoms with van der Waals surface area (Å²) < 4.78 is 5.15. The molecule has 6 aliphatic rings. The Balaban J connectivity index is 1.61. The minimum atomic E-state index is -1.69. The number of aliphatic hydroxyl groups is 4. The highest BCUT2D eigenvalue weighted by Gasteiger charge is 2.41. The van der Waals surface area contributed by atoms with Gasteiger partial charge in [0.2, 0.25) is 0 Å². The van der Waals surface area contributed by atoms with Gasteiger partial charge in [-0.15, -0.1) is 0 Å². The van der Waals surface area contributed by atoms with Crippen LogP contribution in [0.1, 0.15) is 66.7 Å². The molecule has 0 aromatic carbocycles. The molecular weight excluding hydrogens is 544 g/mol. The third-order valence-electron chi connectivity index (χ3n) is 9.56. The van der Waals surface area contributed by atoms with E-state index in [9.17, 15) is 20.4 Å². The summed E-state index contributed by atoms with van der Waals surface area (Å²) in [6, 6.07) is 0. The topological polar surface area (TPSA) is 139 Å². The van der Waals surface area contributed by atoms with Crippen molar-refractivity contribution in [3.8, 4) is 0 Å². The third-order valence-corrected chi connectivity index (χ3v) is 9.56. The Morgan fingerprint density at radius 2 is 1.65 bits per heavy atom. The highest BCUT2D eigenvalue weighted by Crippen LogP contribution is 2.47. The summed E-state index contributed by atoms with van der Waals surface area (Å²) in [5, 5.41) is 46.0. The molecule has 0 spiro atoms. The van der Waals surface area contributed by atoms with Crippen LogP contribution in [-0.2, 0) is 4.74 Å². The Kier molecular flexibility index (Phi) is 7.62. The summed E-state index contributed by atoms with van der Waals surface area (Å²) in [4.78, 5) is 15.0. The molecule has 9 heteroatoms. The highest BCUT2D eigenvalue weighted by atomic mass is 16.6. The minimum absolute atomic E-state index is 0.00659. The maximum absolute atomic E-state index is 11.3. The molecule has 8 bridgehead atoms. The first-order valence-corrected chi connectivity index (χ1v) is 15.1. The summed E-state index contributed by atoms with van der Waals surface area (Å²) in [6.07, 6.45) is 6.22. The standard InChI is InChI=1S/C34H40N4O5/c1-7-18-15(3)22-13-27-30(34(41)42)17(5)24(36-27)12-23-16(4)20(9-10-29(40)43-6)32(37-23)21-11-28(39)31-19(8-2)26(38-33(21)31)14-25(18)35-22/h12-14,16,20,29,34,37,39-42H,7-11H2,1-6H3. The molecule has 0 radical (unpaired) electrons. The van der Waals surface area contributed by atoms with Gasteiger partial charge in [0.05, 0.1) is 34.2 Å². The second kappa shape index (κ2) is 11.1. The van der Waals surface area contributed by atoms with Gasteiger partial charge in [-0.1, -0.05) is 20.8 Å². The molecule has 0 aromatic rings. The number of aliphatic hydroxyl groups excluding tert-OH is 3. The van der Waals surface area contributed by atoms with E-state index >= 15 is 0 Å². The number of nitrogens with zero attached hydrogens (tertiary/aromatic N) is 3. The largest absolute Gasteiger partial charge is 0.511 e. The van der Waals surface area contributed by atoms with Gasteiger partial charge in [-0.3, -0.25) is 0 Å². The van der Waals surface area contributed by atoms with Gasteiger partial charge in [0.1, 0.15) is 5.76 Å². The van der Waals surface area contributed by atoms with Crippen molar-refractivity contribution in [3.63, 3.8) is 0 Å². The first-order valence-electron chi connectivity index (χ1n) is 15.1. The van der Waals surface area contributed by atoms with Gasteiger partial charge in [-0.25, -0.2) is 15.0 Å². The second-order valence-electron chi connectivity index (χ2n) is 11.9. The predicted octanol–water partition coefficient (Wildman–Crippen LogP) is 5.10. The van der Waals surface area contributed by atoms with Gasteiger partial charge in [0.15, 0.2) is 12.6 Å². The second-order valence-corrected chi connectivity index (χ2v) is 11.9. The van der Waals surface area contributed by atoms with Crippen LogP contribution in [0.15, 0.2) is 106 Å². The summed E-state index contributed by atoms with van der Waals surface area (Å²) in [5.41, 5.74) is 12.1. The van der Waals surface area contributed by atoms with E-state index in [1.807, 2.05) is 32.1 Å². The monoisotopic (exact) mass is 584 g/mol. The first kappa shape index (κ1) is 29.4. The molecule has 0 aromatic heterocycles. The van der Waals surface area contributed by atoms with E-state index in [-0.39, 0.29) is 11.8 Å². The van der Waals surface area contributed by atoms with Crippen LogP contribution in [-0.4, -0.2) is 57.3 Å². The van der Waals surface area contributed by atoms with Crippen LogP contribution in [0.3, 0.4) is 0 Å². The van der Waals surface area contributed by atoms with Crippen LogP contribution in [0, 0.1) is 11.8 Å². The summed E-state index contributed by atoms with van der Waals surface area (Å²) in [5.74, 6) is 0.354. The number of allylic oxidation sites excluding steroid dienone is 11. The Morgan fingerprint density at radius 1 is 0.953 bits per heavy atom. The molecular formula is C34H40N4O5. The zero-order valence-corrected chi connectivity index (χ0v) is 25.6. The molecule has 6 rings (SSSR count). The van der Waals surface area contributed by atoms with Gasteiger partial charge < -0.3 is 30.5 Å². The molecule has 1 saturated heterocycles.